The van der Waals surface area contributed by atoms with Gasteiger partial charge in [0.1, 0.15) is 17.7 Å². The zero-order valence-electron chi connectivity index (χ0n) is 18.5. The van der Waals surface area contributed by atoms with Crippen LogP contribution in [0.4, 0.5) is 10.3 Å². The van der Waals surface area contributed by atoms with E-state index in [2.05, 4.69) is 9.97 Å². The van der Waals surface area contributed by atoms with E-state index in [4.69, 9.17) is 9.72 Å². The standard InChI is InChI=1S/C23H27FN6O2/c1-16-25-8-10-29(16)9-7-21(31)30-11-12-32-20(15-30)22-19(14-26-23(27-22)28(2)3)17-5-4-6-18(24)13-17/h4-6,8,10,13-14,20H,7,9,11-12,15H2,1-3H3/t20-/m1/s1. The van der Waals surface area contributed by atoms with Gasteiger partial charge in [0.15, 0.2) is 0 Å². The third-order valence-corrected chi connectivity index (χ3v) is 5.56. The van der Waals surface area contributed by atoms with E-state index in [0.717, 1.165) is 5.82 Å². The molecular formula is C23H27FN6O2. The molecule has 1 aliphatic rings. The van der Waals surface area contributed by atoms with Crippen molar-refractivity contribution in [3.05, 3.63) is 60.2 Å². The molecule has 32 heavy (non-hydrogen) atoms. The lowest BCUT2D eigenvalue weighted by atomic mass is 10.0. The highest BCUT2D eigenvalue weighted by Gasteiger charge is 2.29. The van der Waals surface area contributed by atoms with Crippen LogP contribution in [-0.4, -0.2) is 64.1 Å². The number of morpholine rings is 1. The van der Waals surface area contributed by atoms with Gasteiger partial charge in [0.25, 0.3) is 0 Å². The van der Waals surface area contributed by atoms with Gasteiger partial charge in [-0.05, 0) is 24.6 Å². The molecule has 0 N–H and O–H groups in total. The fourth-order valence-corrected chi connectivity index (χ4v) is 3.78. The number of carbonyl (C=O) groups excluding carboxylic acids is 1. The molecule has 0 spiro atoms. The number of anilines is 1. The first-order chi connectivity index (χ1) is 15.4. The maximum atomic E-state index is 13.9. The zero-order chi connectivity index (χ0) is 22.7. The molecule has 0 saturated carbocycles. The molecule has 1 amide bonds. The number of carbonyl (C=O) groups is 1. The Morgan fingerprint density at radius 1 is 1.31 bits per heavy atom. The molecule has 1 aromatic carbocycles. The van der Waals surface area contributed by atoms with Gasteiger partial charge < -0.3 is 19.1 Å². The molecule has 168 valence electrons. The van der Waals surface area contributed by atoms with Crippen LogP contribution in [0.25, 0.3) is 11.1 Å². The Balaban J connectivity index is 1.57. The summed E-state index contributed by atoms with van der Waals surface area (Å²) >= 11 is 0. The lowest BCUT2D eigenvalue weighted by Crippen LogP contribution is -2.43. The molecule has 1 fully saturated rings. The van der Waals surface area contributed by atoms with Crippen LogP contribution in [0, 0.1) is 12.7 Å². The molecule has 8 nitrogen and oxygen atoms in total. The fraction of sp³-hybridized carbons (Fsp3) is 0.391. The van der Waals surface area contributed by atoms with E-state index in [0.29, 0.717) is 55.4 Å². The number of hydrogen-bond acceptors (Lipinski definition) is 6. The molecule has 1 aliphatic heterocycles. The quantitative estimate of drug-likeness (QED) is 0.589. The first kappa shape index (κ1) is 21.9. The van der Waals surface area contributed by atoms with Gasteiger partial charge in [0.2, 0.25) is 11.9 Å². The van der Waals surface area contributed by atoms with Crippen LogP contribution in [-0.2, 0) is 16.1 Å². The first-order valence-electron chi connectivity index (χ1n) is 10.6. The van der Waals surface area contributed by atoms with E-state index in [1.807, 2.05) is 42.7 Å². The summed E-state index contributed by atoms with van der Waals surface area (Å²) in [6.45, 7) is 3.82. The SMILES string of the molecule is Cc1nccn1CCC(=O)N1CCO[C@@H](c2nc(N(C)C)ncc2-c2cccc(F)c2)C1. The third kappa shape index (κ3) is 4.77. The lowest BCUT2D eigenvalue weighted by molar-refractivity contribution is -0.139. The van der Waals surface area contributed by atoms with Crippen molar-refractivity contribution in [2.24, 2.45) is 0 Å². The summed E-state index contributed by atoms with van der Waals surface area (Å²) in [4.78, 5) is 29.8. The van der Waals surface area contributed by atoms with Gasteiger partial charge in [-0.25, -0.2) is 19.3 Å². The molecule has 0 aliphatic carbocycles. The van der Waals surface area contributed by atoms with Crippen LogP contribution in [0.5, 0.6) is 0 Å². The molecular weight excluding hydrogens is 411 g/mol. The average Bonchev–Trinajstić information content (AvgIpc) is 3.21. The van der Waals surface area contributed by atoms with Gasteiger partial charge in [0, 0.05) is 57.8 Å². The fourth-order valence-electron chi connectivity index (χ4n) is 3.78. The van der Waals surface area contributed by atoms with Crippen LogP contribution in [0.15, 0.2) is 42.9 Å². The summed E-state index contributed by atoms with van der Waals surface area (Å²) in [6, 6.07) is 6.33. The number of rotatable bonds is 6. The minimum atomic E-state index is -0.428. The highest BCUT2D eigenvalue weighted by Crippen LogP contribution is 2.32. The number of halogens is 1. The van der Waals surface area contributed by atoms with Crippen molar-refractivity contribution >= 4 is 11.9 Å². The van der Waals surface area contributed by atoms with Crippen LogP contribution in [0.3, 0.4) is 0 Å². The van der Waals surface area contributed by atoms with Crippen molar-refractivity contribution in [1.82, 2.24) is 24.4 Å². The number of benzene rings is 1. The zero-order valence-corrected chi connectivity index (χ0v) is 18.5. The van der Waals surface area contributed by atoms with Gasteiger partial charge in [-0.15, -0.1) is 0 Å². The summed E-state index contributed by atoms with van der Waals surface area (Å²) in [5, 5.41) is 0. The van der Waals surface area contributed by atoms with Crippen molar-refractivity contribution in [2.75, 3.05) is 38.7 Å². The number of amides is 1. The van der Waals surface area contributed by atoms with Crippen molar-refractivity contribution < 1.29 is 13.9 Å². The van der Waals surface area contributed by atoms with Crippen LogP contribution < -0.4 is 4.90 Å². The number of ether oxygens (including phenoxy) is 1. The average molecular weight is 439 g/mol. The topological polar surface area (TPSA) is 76.4 Å². The Labute approximate surface area is 186 Å². The molecule has 2 aromatic heterocycles. The highest BCUT2D eigenvalue weighted by molar-refractivity contribution is 5.76. The highest BCUT2D eigenvalue weighted by atomic mass is 19.1. The predicted molar refractivity (Wildman–Crippen MR) is 119 cm³/mol. The number of aromatic nitrogens is 4. The van der Waals surface area contributed by atoms with Crippen LogP contribution in [0.1, 0.15) is 24.0 Å². The van der Waals surface area contributed by atoms with Gasteiger partial charge >= 0.3 is 0 Å². The molecule has 1 atom stereocenters. The van der Waals surface area contributed by atoms with E-state index >= 15 is 0 Å². The maximum absolute atomic E-state index is 13.9. The van der Waals surface area contributed by atoms with E-state index in [1.165, 1.54) is 12.1 Å². The second-order valence-corrected chi connectivity index (χ2v) is 7.99. The molecule has 4 rings (SSSR count). The first-order valence-corrected chi connectivity index (χ1v) is 10.6. The molecule has 3 heterocycles. The second-order valence-electron chi connectivity index (χ2n) is 7.99. The normalized spacial score (nSPS) is 16.2. The van der Waals surface area contributed by atoms with Crippen molar-refractivity contribution in [2.45, 2.75) is 26.0 Å². The van der Waals surface area contributed by atoms with Crippen molar-refractivity contribution in [1.29, 1.82) is 0 Å². The number of imidazole rings is 1. The minimum Gasteiger partial charge on any atom is -0.368 e. The van der Waals surface area contributed by atoms with Crippen LogP contribution >= 0.6 is 0 Å². The monoisotopic (exact) mass is 438 g/mol. The van der Waals surface area contributed by atoms with Gasteiger partial charge in [-0.1, -0.05) is 12.1 Å². The molecule has 3 aromatic rings. The van der Waals surface area contributed by atoms with Gasteiger partial charge in [0.05, 0.1) is 18.8 Å². The summed E-state index contributed by atoms with van der Waals surface area (Å²) < 4.78 is 21.9. The lowest BCUT2D eigenvalue weighted by Gasteiger charge is -2.33. The predicted octanol–water partition coefficient (Wildman–Crippen LogP) is 2.84. The largest absolute Gasteiger partial charge is 0.368 e. The molecule has 0 bridgehead atoms. The number of hydrogen-bond donors (Lipinski definition) is 0. The molecule has 9 heteroatoms. The molecule has 0 radical (unpaired) electrons. The Kier molecular flexibility index (Phi) is 6.45. The van der Waals surface area contributed by atoms with Crippen molar-refractivity contribution in [3.63, 3.8) is 0 Å². The number of nitrogens with zero attached hydrogens (tertiary/aromatic N) is 6. The van der Waals surface area contributed by atoms with Crippen molar-refractivity contribution in [3.8, 4) is 11.1 Å². The number of aryl methyl sites for hydroxylation is 2. The van der Waals surface area contributed by atoms with E-state index < -0.39 is 6.10 Å². The van der Waals surface area contributed by atoms with E-state index in [1.54, 1.807) is 23.4 Å². The Hall–Kier alpha value is -3.33. The summed E-state index contributed by atoms with van der Waals surface area (Å²) in [5.41, 5.74) is 2.02. The maximum Gasteiger partial charge on any atom is 0.225 e. The third-order valence-electron chi connectivity index (χ3n) is 5.56. The minimum absolute atomic E-state index is 0.0561. The van der Waals surface area contributed by atoms with Crippen LogP contribution in [0.2, 0.25) is 0 Å². The summed E-state index contributed by atoms with van der Waals surface area (Å²) in [6.07, 6.45) is 5.25. The molecule has 0 unspecified atom stereocenters. The Bertz CT molecular complexity index is 1100. The van der Waals surface area contributed by atoms with Gasteiger partial charge in [-0.2, -0.15) is 0 Å². The van der Waals surface area contributed by atoms with E-state index in [9.17, 15) is 9.18 Å². The second kappa shape index (κ2) is 9.44. The Morgan fingerprint density at radius 3 is 2.88 bits per heavy atom. The van der Waals surface area contributed by atoms with Gasteiger partial charge in [-0.3, -0.25) is 4.79 Å². The summed E-state index contributed by atoms with van der Waals surface area (Å²) in [7, 11) is 3.72. The Morgan fingerprint density at radius 2 is 2.16 bits per heavy atom. The summed E-state index contributed by atoms with van der Waals surface area (Å²) in [5.74, 6) is 1.14. The smallest absolute Gasteiger partial charge is 0.225 e. The molecule has 1 saturated heterocycles. The van der Waals surface area contributed by atoms with E-state index in [-0.39, 0.29) is 11.7 Å².